The van der Waals surface area contributed by atoms with Crippen LogP contribution < -0.4 is 4.74 Å². The molecule has 9 nitrogen and oxygen atoms in total. The van der Waals surface area contributed by atoms with Crippen LogP contribution in [0.3, 0.4) is 0 Å². The van der Waals surface area contributed by atoms with Crippen LogP contribution in [-0.2, 0) is 34.0 Å². The Labute approximate surface area is 167 Å². The Balaban J connectivity index is 1.76. The van der Waals surface area contributed by atoms with Crippen molar-refractivity contribution in [2.75, 3.05) is 14.2 Å². The minimum absolute atomic E-state index is 0.0413. The second kappa shape index (κ2) is 6.96. The average Bonchev–Trinajstić information content (AvgIpc) is 3.27. The molecule has 3 rings (SSSR count). The van der Waals surface area contributed by atoms with Gasteiger partial charge in [0.05, 0.1) is 19.1 Å². The molecule has 2 aliphatic carbocycles. The number of hydrogen-bond donors (Lipinski definition) is 1. The Hall–Kier alpha value is -2.72. The van der Waals surface area contributed by atoms with Gasteiger partial charge in [-0.3, -0.25) is 14.1 Å². The molecule has 1 aromatic rings. The van der Waals surface area contributed by atoms with Crippen LogP contribution in [0.4, 0.5) is 0 Å². The largest absolute Gasteiger partial charge is 0.468 e. The summed E-state index contributed by atoms with van der Waals surface area (Å²) in [5.74, 6) is -2.22. The van der Waals surface area contributed by atoms with Crippen LogP contribution in [0.25, 0.3) is 0 Å². The summed E-state index contributed by atoms with van der Waals surface area (Å²) < 4.78 is 46.0. The van der Waals surface area contributed by atoms with Gasteiger partial charge in [-0.05, 0) is 49.4 Å². The molecule has 2 atom stereocenters. The van der Waals surface area contributed by atoms with Crippen LogP contribution >= 0.6 is 0 Å². The summed E-state index contributed by atoms with van der Waals surface area (Å²) in [5, 5.41) is 0. The molecule has 1 N–H and O–H groups in total. The zero-order valence-corrected chi connectivity index (χ0v) is 16.7. The third-order valence-corrected chi connectivity index (χ3v) is 6.64. The zero-order valence-electron chi connectivity index (χ0n) is 15.8. The predicted octanol–water partition coefficient (Wildman–Crippen LogP) is 1.53. The summed E-state index contributed by atoms with van der Waals surface area (Å²) in [6.07, 6.45) is 0.819. The summed E-state index contributed by atoms with van der Waals surface area (Å²) in [5.41, 5.74) is -2.11. The maximum atomic E-state index is 12.6. The topological polar surface area (TPSA) is 133 Å². The van der Waals surface area contributed by atoms with Gasteiger partial charge in [-0.2, -0.15) is 8.42 Å². The molecule has 2 unspecified atom stereocenters. The molecule has 0 radical (unpaired) electrons. The second-order valence-corrected chi connectivity index (χ2v) is 8.74. The molecule has 1 aromatic carbocycles. The monoisotopic (exact) mass is 424 g/mol. The quantitative estimate of drug-likeness (QED) is 0.237. The second-order valence-electron chi connectivity index (χ2n) is 7.32. The van der Waals surface area contributed by atoms with Crippen LogP contribution in [0.5, 0.6) is 5.75 Å². The molecule has 29 heavy (non-hydrogen) atoms. The standard InChI is InChI=1S/C19H20O9S/c1-11(15(20)28-13-4-6-14(7-5-13)29(23,24)25)18-8-12(18)9-19(10-18,16(21)26-2)17(22)27-3/h4-7,12H,1,8-10H2,2-3H3,(H,23,24,25). The number of fused-ring (bicyclic) bond motifs is 1. The molecule has 0 aliphatic heterocycles. The highest BCUT2D eigenvalue weighted by Gasteiger charge is 2.73. The fourth-order valence-electron chi connectivity index (χ4n) is 4.21. The predicted molar refractivity (Wildman–Crippen MR) is 97.3 cm³/mol. The molecule has 0 amide bonds. The van der Waals surface area contributed by atoms with Gasteiger partial charge in [-0.25, -0.2) is 4.79 Å². The highest BCUT2D eigenvalue weighted by atomic mass is 32.2. The highest BCUT2D eigenvalue weighted by Crippen LogP contribution is 2.72. The lowest BCUT2D eigenvalue weighted by Crippen LogP contribution is -2.41. The van der Waals surface area contributed by atoms with Gasteiger partial charge in [0, 0.05) is 11.0 Å². The molecule has 2 aliphatic rings. The summed E-state index contributed by atoms with van der Waals surface area (Å²) in [4.78, 5) is 36.8. The van der Waals surface area contributed by atoms with Crippen molar-refractivity contribution in [1.29, 1.82) is 0 Å². The Kier molecular flexibility index (Phi) is 5.04. The van der Waals surface area contributed by atoms with Crippen LogP contribution in [0, 0.1) is 16.7 Å². The van der Waals surface area contributed by atoms with Gasteiger partial charge >= 0.3 is 17.9 Å². The van der Waals surface area contributed by atoms with E-state index in [0.717, 1.165) is 12.1 Å². The van der Waals surface area contributed by atoms with Crippen LogP contribution in [-0.4, -0.2) is 45.1 Å². The minimum atomic E-state index is -4.36. The maximum Gasteiger partial charge on any atom is 0.339 e. The minimum Gasteiger partial charge on any atom is -0.468 e. The first-order valence-corrected chi connectivity index (χ1v) is 10.1. The van der Waals surface area contributed by atoms with Gasteiger partial charge in [-0.1, -0.05) is 6.58 Å². The van der Waals surface area contributed by atoms with Gasteiger partial charge in [-0.15, -0.1) is 0 Å². The van der Waals surface area contributed by atoms with Crippen molar-refractivity contribution in [3.8, 4) is 5.75 Å². The number of rotatable bonds is 6. The molecule has 2 fully saturated rings. The van der Waals surface area contributed by atoms with Gasteiger partial charge in [0.1, 0.15) is 5.75 Å². The van der Waals surface area contributed by atoms with Crippen LogP contribution in [0.2, 0.25) is 0 Å². The lowest BCUT2D eigenvalue weighted by Gasteiger charge is -2.26. The summed E-state index contributed by atoms with van der Waals surface area (Å²) in [7, 11) is -1.99. The molecular weight excluding hydrogens is 404 g/mol. The maximum absolute atomic E-state index is 12.6. The molecular formula is C19H20O9S. The third kappa shape index (κ3) is 3.42. The van der Waals surface area contributed by atoms with E-state index in [2.05, 4.69) is 6.58 Å². The zero-order chi connectivity index (χ0) is 21.6. The molecule has 10 heteroatoms. The van der Waals surface area contributed by atoms with Crippen LogP contribution in [0.15, 0.2) is 41.3 Å². The molecule has 156 valence electrons. The number of ether oxygens (including phenoxy) is 3. The van der Waals surface area contributed by atoms with Gasteiger partial charge in [0.15, 0.2) is 5.41 Å². The van der Waals surface area contributed by atoms with E-state index in [0.29, 0.717) is 6.42 Å². The van der Waals surface area contributed by atoms with E-state index in [4.69, 9.17) is 18.8 Å². The van der Waals surface area contributed by atoms with Crippen molar-refractivity contribution in [3.63, 3.8) is 0 Å². The molecule has 2 saturated carbocycles. The lowest BCUT2D eigenvalue weighted by molar-refractivity contribution is -0.170. The molecule has 0 aromatic heterocycles. The average molecular weight is 424 g/mol. The normalized spacial score (nSPS) is 24.2. The van der Waals surface area contributed by atoms with E-state index in [1.54, 1.807) is 0 Å². The van der Waals surface area contributed by atoms with Crippen molar-refractivity contribution >= 4 is 28.0 Å². The van der Waals surface area contributed by atoms with E-state index >= 15 is 0 Å². The molecule has 0 saturated heterocycles. The Morgan fingerprint density at radius 2 is 1.62 bits per heavy atom. The summed E-state index contributed by atoms with van der Waals surface area (Å²) in [6, 6.07) is 4.62. The smallest absolute Gasteiger partial charge is 0.339 e. The summed E-state index contributed by atoms with van der Waals surface area (Å²) >= 11 is 0. The number of hydrogen-bond acceptors (Lipinski definition) is 8. The third-order valence-electron chi connectivity index (χ3n) is 5.78. The molecule has 0 bridgehead atoms. The van der Waals surface area contributed by atoms with E-state index in [1.165, 1.54) is 26.4 Å². The number of benzene rings is 1. The number of carbonyl (C=O) groups excluding carboxylic acids is 3. The number of methoxy groups -OCH3 is 2. The Morgan fingerprint density at radius 1 is 1.07 bits per heavy atom. The van der Waals surface area contributed by atoms with Crippen molar-refractivity contribution in [2.24, 2.45) is 16.7 Å². The van der Waals surface area contributed by atoms with Gasteiger partial charge < -0.3 is 14.2 Å². The van der Waals surface area contributed by atoms with Crippen molar-refractivity contribution in [3.05, 3.63) is 36.4 Å². The fourth-order valence-corrected chi connectivity index (χ4v) is 4.69. The van der Waals surface area contributed by atoms with E-state index in [9.17, 15) is 22.8 Å². The lowest BCUT2D eigenvalue weighted by atomic mass is 9.79. The fraction of sp³-hybridized carbons (Fsp3) is 0.421. The van der Waals surface area contributed by atoms with Gasteiger partial charge in [0.2, 0.25) is 0 Å². The van der Waals surface area contributed by atoms with E-state index < -0.39 is 38.9 Å². The summed E-state index contributed by atoms with van der Waals surface area (Å²) in [6.45, 7) is 3.82. The first-order chi connectivity index (χ1) is 13.5. The highest BCUT2D eigenvalue weighted by molar-refractivity contribution is 7.85. The Morgan fingerprint density at radius 3 is 2.10 bits per heavy atom. The van der Waals surface area contributed by atoms with E-state index in [-0.39, 0.29) is 35.0 Å². The first kappa shape index (κ1) is 21.0. The number of carbonyl (C=O) groups is 3. The van der Waals surface area contributed by atoms with Gasteiger partial charge in [0.25, 0.3) is 10.1 Å². The first-order valence-electron chi connectivity index (χ1n) is 8.66. The molecule has 0 heterocycles. The Bertz CT molecular complexity index is 977. The SMILES string of the molecule is C=C(C(=O)Oc1ccc(S(=O)(=O)O)cc1)C12CC1CC(C(=O)OC)(C(=O)OC)C2. The van der Waals surface area contributed by atoms with Crippen molar-refractivity contribution < 1.29 is 41.6 Å². The van der Waals surface area contributed by atoms with Crippen molar-refractivity contribution in [2.45, 2.75) is 24.2 Å². The van der Waals surface area contributed by atoms with Crippen LogP contribution in [0.1, 0.15) is 19.3 Å². The van der Waals surface area contributed by atoms with Crippen molar-refractivity contribution in [1.82, 2.24) is 0 Å². The van der Waals surface area contributed by atoms with E-state index in [1.807, 2.05) is 0 Å². The number of esters is 3. The molecule has 0 spiro atoms.